The Labute approximate surface area is 111 Å². The van der Waals surface area contributed by atoms with Crippen LogP contribution in [0.4, 0.5) is 0 Å². The van der Waals surface area contributed by atoms with Crippen molar-refractivity contribution in [2.75, 3.05) is 0 Å². The van der Waals surface area contributed by atoms with Gasteiger partial charge in [0.2, 0.25) is 0 Å². The van der Waals surface area contributed by atoms with E-state index in [0.29, 0.717) is 17.1 Å². The molecule has 1 aromatic carbocycles. The monoisotopic (exact) mass is 260 g/mol. The summed E-state index contributed by atoms with van der Waals surface area (Å²) in [5, 5.41) is 3.44. The number of amides is 1. The number of rotatable bonds is 3. The third-order valence-electron chi connectivity index (χ3n) is 2.64. The molecule has 0 saturated heterocycles. The molecule has 92 valence electrons. The third-order valence-corrected chi connectivity index (χ3v) is 3.04. The lowest BCUT2D eigenvalue weighted by atomic mass is 10.1. The van der Waals surface area contributed by atoms with Crippen molar-refractivity contribution < 1.29 is 4.79 Å². The van der Waals surface area contributed by atoms with Crippen LogP contribution in [0.25, 0.3) is 0 Å². The predicted octanol–water partition coefficient (Wildman–Crippen LogP) is 2.97. The molecule has 0 aliphatic rings. The Morgan fingerprint density at radius 3 is 2.67 bits per heavy atom. The molecule has 0 atom stereocenters. The first-order valence-electron chi connectivity index (χ1n) is 5.60. The van der Waals surface area contributed by atoms with Gasteiger partial charge in [-0.1, -0.05) is 17.7 Å². The van der Waals surface area contributed by atoms with Crippen LogP contribution in [-0.4, -0.2) is 10.9 Å². The molecule has 0 radical (unpaired) electrons. The van der Waals surface area contributed by atoms with E-state index in [1.807, 2.05) is 25.1 Å². The Bertz CT molecular complexity index is 555. The van der Waals surface area contributed by atoms with Crippen LogP contribution in [0.15, 0.2) is 42.7 Å². The highest BCUT2D eigenvalue weighted by Crippen LogP contribution is 2.16. The van der Waals surface area contributed by atoms with Crippen LogP contribution in [-0.2, 0) is 6.54 Å². The molecule has 0 spiro atoms. The predicted molar refractivity (Wildman–Crippen MR) is 71.6 cm³/mol. The minimum absolute atomic E-state index is 0.131. The fourth-order valence-electron chi connectivity index (χ4n) is 1.52. The molecule has 0 fully saturated rings. The zero-order valence-electron chi connectivity index (χ0n) is 9.98. The number of carbonyl (C=O) groups is 1. The Morgan fingerprint density at radius 2 is 2.00 bits per heavy atom. The summed E-state index contributed by atoms with van der Waals surface area (Å²) < 4.78 is 0. The number of hydrogen-bond donors (Lipinski definition) is 1. The van der Waals surface area contributed by atoms with Gasteiger partial charge in [0, 0.05) is 29.5 Å². The molecule has 0 aliphatic carbocycles. The smallest absolute Gasteiger partial charge is 0.251 e. The first kappa shape index (κ1) is 12.6. The molecular formula is C14H13ClN2O. The fraction of sp³-hybridized carbons (Fsp3) is 0.143. The normalized spacial score (nSPS) is 10.1. The summed E-state index contributed by atoms with van der Waals surface area (Å²) in [5.41, 5.74) is 2.54. The lowest BCUT2D eigenvalue weighted by Gasteiger charge is -2.06. The van der Waals surface area contributed by atoms with Crippen molar-refractivity contribution in [1.29, 1.82) is 0 Å². The van der Waals surface area contributed by atoms with Crippen molar-refractivity contribution in [2.45, 2.75) is 13.5 Å². The summed E-state index contributed by atoms with van der Waals surface area (Å²) in [7, 11) is 0. The average molecular weight is 261 g/mol. The van der Waals surface area contributed by atoms with E-state index in [1.165, 1.54) is 0 Å². The molecule has 0 unspecified atom stereocenters. The minimum Gasteiger partial charge on any atom is -0.348 e. The second-order valence-corrected chi connectivity index (χ2v) is 4.41. The summed E-state index contributed by atoms with van der Waals surface area (Å²) in [6, 6.07) is 9.01. The molecule has 18 heavy (non-hydrogen) atoms. The maximum absolute atomic E-state index is 11.9. The Morgan fingerprint density at radius 1 is 1.28 bits per heavy atom. The molecule has 1 heterocycles. The first-order valence-corrected chi connectivity index (χ1v) is 5.98. The van der Waals surface area contributed by atoms with Gasteiger partial charge in [0.1, 0.15) is 0 Å². The summed E-state index contributed by atoms with van der Waals surface area (Å²) in [5.74, 6) is -0.131. The average Bonchev–Trinajstić information content (AvgIpc) is 2.40. The van der Waals surface area contributed by atoms with Gasteiger partial charge in [-0.05, 0) is 42.3 Å². The van der Waals surface area contributed by atoms with Gasteiger partial charge in [-0.2, -0.15) is 0 Å². The number of aryl methyl sites for hydroxylation is 1. The second kappa shape index (κ2) is 5.65. The van der Waals surface area contributed by atoms with E-state index in [9.17, 15) is 4.79 Å². The highest BCUT2D eigenvalue weighted by Gasteiger charge is 2.06. The van der Waals surface area contributed by atoms with Gasteiger partial charge in [-0.15, -0.1) is 0 Å². The van der Waals surface area contributed by atoms with E-state index >= 15 is 0 Å². The number of pyridine rings is 1. The minimum atomic E-state index is -0.131. The highest BCUT2D eigenvalue weighted by molar-refractivity contribution is 6.31. The largest absolute Gasteiger partial charge is 0.348 e. The van der Waals surface area contributed by atoms with Crippen LogP contribution >= 0.6 is 11.6 Å². The number of nitrogens with zero attached hydrogens (tertiary/aromatic N) is 1. The molecule has 4 heteroatoms. The SMILES string of the molecule is Cc1ccc(C(=O)NCc2ccncc2)cc1Cl. The topological polar surface area (TPSA) is 42.0 Å². The van der Waals surface area contributed by atoms with Crippen LogP contribution in [0.5, 0.6) is 0 Å². The molecule has 0 aliphatic heterocycles. The van der Waals surface area contributed by atoms with E-state index in [-0.39, 0.29) is 5.91 Å². The van der Waals surface area contributed by atoms with Gasteiger partial charge >= 0.3 is 0 Å². The van der Waals surface area contributed by atoms with Gasteiger partial charge in [-0.3, -0.25) is 9.78 Å². The quantitative estimate of drug-likeness (QED) is 0.922. The molecular weight excluding hydrogens is 248 g/mol. The summed E-state index contributed by atoms with van der Waals surface area (Å²) >= 11 is 5.99. The van der Waals surface area contributed by atoms with E-state index < -0.39 is 0 Å². The maximum Gasteiger partial charge on any atom is 0.251 e. The lowest BCUT2D eigenvalue weighted by molar-refractivity contribution is 0.0951. The standard InChI is InChI=1S/C14H13ClN2O/c1-10-2-3-12(8-13(10)15)14(18)17-9-11-4-6-16-7-5-11/h2-8H,9H2,1H3,(H,17,18). The molecule has 0 bridgehead atoms. The van der Waals surface area contributed by atoms with E-state index in [4.69, 9.17) is 11.6 Å². The zero-order chi connectivity index (χ0) is 13.0. The van der Waals surface area contributed by atoms with Crippen LogP contribution in [0.2, 0.25) is 5.02 Å². The maximum atomic E-state index is 11.9. The highest BCUT2D eigenvalue weighted by atomic mass is 35.5. The van der Waals surface area contributed by atoms with Crippen molar-refractivity contribution in [1.82, 2.24) is 10.3 Å². The van der Waals surface area contributed by atoms with E-state index in [1.54, 1.807) is 24.5 Å². The number of nitrogens with one attached hydrogen (secondary N) is 1. The van der Waals surface area contributed by atoms with E-state index in [0.717, 1.165) is 11.1 Å². The van der Waals surface area contributed by atoms with Crippen LogP contribution in [0.1, 0.15) is 21.5 Å². The number of aromatic nitrogens is 1. The molecule has 1 aromatic heterocycles. The lowest BCUT2D eigenvalue weighted by Crippen LogP contribution is -2.22. The van der Waals surface area contributed by atoms with Gasteiger partial charge in [0.25, 0.3) is 5.91 Å². The number of hydrogen-bond acceptors (Lipinski definition) is 2. The fourth-order valence-corrected chi connectivity index (χ4v) is 1.70. The molecule has 3 nitrogen and oxygen atoms in total. The molecule has 1 amide bonds. The number of benzene rings is 1. The molecule has 0 saturated carbocycles. The summed E-state index contributed by atoms with van der Waals surface area (Å²) in [6.07, 6.45) is 3.40. The van der Waals surface area contributed by atoms with Crippen LogP contribution in [0, 0.1) is 6.92 Å². The second-order valence-electron chi connectivity index (χ2n) is 4.00. The summed E-state index contributed by atoms with van der Waals surface area (Å²) in [4.78, 5) is 15.8. The van der Waals surface area contributed by atoms with Crippen molar-refractivity contribution in [3.05, 3.63) is 64.4 Å². The van der Waals surface area contributed by atoms with Crippen LogP contribution in [0.3, 0.4) is 0 Å². The number of halogens is 1. The van der Waals surface area contributed by atoms with Gasteiger partial charge in [0.15, 0.2) is 0 Å². The number of carbonyl (C=O) groups excluding carboxylic acids is 1. The van der Waals surface area contributed by atoms with Crippen molar-refractivity contribution in [2.24, 2.45) is 0 Å². The van der Waals surface area contributed by atoms with Gasteiger partial charge in [-0.25, -0.2) is 0 Å². The molecule has 1 N–H and O–H groups in total. The molecule has 2 rings (SSSR count). The van der Waals surface area contributed by atoms with E-state index in [2.05, 4.69) is 10.3 Å². The Kier molecular flexibility index (Phi) is 3.95. The van der Waals surface area contributed by atoms with Gasteiger partial charge in [0.05, 0.1) is 0 Å². The van der Waals surface area contributed by atoms with Crippen molar-refractivity contribution >= 4 is 17.5 Å². The zero-order valence-corrected chi connectivity index (χ0v) is 10.7. The first-order chi connectivity index (χ1) is 8.66. The van der Waals surface area contributed by atoms with Crippen molar-refractivity contribution in [3.63, 3.8) is 0 Å². The Hall–Kier alpha value is -1.87. The van der Waals surface area contributed by atoms with Gasteiger partial charge < -0.3 is 5.32 Å². The summed E-state index contributed by atoms with van der Waals surface area (Å²) in [6.45, 7) is 2.38. The van der Waals surface area contributed by atoms with Crippen LogP contribution < -0.4 is 5.32 Å². The Balaban J connectivity index is 2.02. The van der Waals surface area contributed by atoms with Crippen molar-refractivity contribution in [3.8, 4) is 0 Å². The molecule has 2 aromatic rings. The third kappa shape index (κ3) is 3.08.